The van der Waals surface area contributed by atoms with Gasteiger partial charge in [-0.3, -0.25) is 0 Å². The van der Waals surface area contributed by atoms with Crippen LogP contribution in [0.15, 0.2) is 48.5 Å². The highest BCUT2D eigenvalue weighted by Crippen LogP contribution is 2.26. The van der Waals surface area contributed by atoms with Gasteiger partial charge in [-0.05, 0) is 60.5 Å². The topological polar surface area (TPSA) is 76.9 Å². The first-order chi connectivity index (χ1) is 14.3. The molecule has 3 aromatic rings. The molecule has 0 radical (unpaired) electrons. The second-order valence-electron chi connectivity index (χ2n) is 7.16. The first kappa shape index (κ1) is 19.5. The lowest BCUT2D eigenvalue weighted by Crippen LogP contribution is -2.45. The smallest absolute Gasteiger partial charge is 0.228 e. The summed E-state index contributed by atoms with van der Waals surface area (Å²) >= 11 is 0. The van der Waals surface area contributed by atoms with Crippen LogP contribution in [0, 0.1) is 6.92 Å². The number of tetrazole rings is 1. The molecule has 2 heterocycles. The number of ether oxygens (including phenoxy) is 1. The zero-order valence-electron chi connectivity index (χ0n) is 16.4. The molecule has 1 saturated heterocycles. The molecule has 29 heavy (non-hydrogen) atoms. The predicted octanol–water partition coefficient (Wildman–Crippen LogP) is 2.86. The third-order valence-electron chi connectivity index (χ3n) is 5.30. The number of rotatable bonds is 7. The minimum atomic E-state index is -0.867. The number of halogens is 1. The summed E-state index contributed by atoms with van der Waals surface area (Å²) in [5.74, 6) is 1.21. The van der Waals surface area contributed by atoms with Crippen LogP contribution in [0.1, 0.15) is 35.8 Å². The molecule has 0 bridgehead atoms. The van der Waals surface area contributed by atoms with Crippen molar-refractivity contribution in [2.45, 2.75) is 38.4 Å². The molecule has 7 nitrogen and oxygen atoms in total. The Bertz CT molecular complexity index is 932. The molecule has 2 atom stereocenters. The van der Waals surface area contributed by atoms with Gasteiger partial charge in [-0.2, -0.15) is 4.68 Å². The van der Waals surface area contributed by atoms with Crippen LogP contribution in [0.5, 0.6) is 5.75 Å². The van der Waals surface area contributed by atoms with Crippen molar-refractivity contribution in [1.82, 2.24) is 30.8 Å². The van der Waals surface area contributed by atoms with Crippen molar-refractivity contribution in [2.24, 2.45) is 0 Å². The summed E-state index contributed by atoms with van der Waals surface area (Å²) in [6.07, 6.45) is 2.18. The molecule has 1 aromatic heterocycles. The molecule has 0 saturated carbocycles. The molecule has 0 unspecified atom stereocenters. The van der Waals surface area contributed by atoms with Crippen LogP contribution in [0.4, 0.5) is 4.39 Å². The summed E-state index contributed by atoms with van der Waals surface area (Å²) in [4.78, 5) is 0. The summed E-state index contributed by atoms with van der Waals surface area (Å²) in [5, 5.41) is 18.9. The second-order valence-corrected chi connectivity index (χ2v) is 7.16. The second kappa shape index (κ2) is 9.11. The van der Waals surface area contributed by atoms with E-state index in [9.17, 15) is 4.39 Å². The average molecular weight is 396 g/mol. The zero-order valence-corrected chi connectivity index (χ0v) is 16.4. The Morgan fingerprint density at radius 1 is 1.24 bits per heavy atom. The van der Waals surface area contributed by atoms with Crippen LogP contribution >= 0.6 is 0 Å². The fraction of sp³-hybridized carbons (Fsp3) is 0.381. The Morgan fingerprint density at radius 3 is 2.86 bits per heavy atom. The monoisotopic (exact) mass is 396 g/mol. The van der Waals surface area contributed by atoms with Gasteiger partial charge in [-0.15, -0.1) is 5.10 Å². The van der Waals surface area contributed by atoms with Crippen molar-refractivity contribution < 1.29 is 9.13 Å². The van der Waals surface area contributed by atoms with Crippen molar-refractivity contribution in [3.05, 3.63) is 65.5 Å². The molecule has 0 amide bonds. The largest absolute Gasteiger partial charge is 0.463 e. The summed E-state index contributed by atoms with van der Waals surface area (Å²) in [6.45, 7) is 2.53. The maximum Gasteiger partial charge on any atom is 0.228 e. The summed E-state index contributed by atoms with van der Waals surface area (Å²) in [7, 11) is 0. The van der Waals surface area contributed by atoms with Gasteiger partial charge in [-0.25, -0.2) is 4.39 Å². The SMILES string of the molecule is Cc1nnnn1-c1ccc(OCF)c(CN[C@H]2CCCN[C@H]2c2ccccc2)c1. The number of nitrogens with zero attached hydrogens (tertiary/aromatic N) is 4. The van der Waals surface area contributed by atoms with E-state index in [0.717, 1.165) is 30.6 Å². The molecule has 1 fully saturated rings. The van der Waals surface area contributed by atoms with Gasteiger partial charge in [0.2, 0.25) is 6.86 Å². The van der Waals surface area contributed by atoms with E-state index >= 15 is 0 Å². The van der Waals surface area contributed by atoms with Crippen molar-refractivity contribution in [1.29, 1.82) is 0 Å². The van der Waals surface area contributed by atoms with Gasteiger partial charge >= 0.3 is 0 Å². The average Bonchev–Trinajstić information content (AvgIpc) is 3.20. The number of aromatic nitrogens is 4. The maximum absolute atomic E-state index is 12.9. The van der Waals surface area contributed by atoms with Gasteiger partial charge in [0.25, 0.3) is 0 Å². The minimum absolute atomic E-state index is 0.237. The van der Waals surface area contributed by atoms with Crippen LogP contribution in [0.25, 0.3) is 5.69 Å². The predicted molar refractivity (Wildman–Crippen MR) is 108 cm³/mol. The Hall–Kier alpha value is -2.84. The van der Waals surface area contributed by atoms with E-state index < -0.39 is 6.86 Å². The van der Waals surface area contributed by atoms with E-state index in [1.807, 2.05) is 25.1 Å². The fourth-order valence-electron chi connectivity index (χ4n) is 3.87. The fourth-order valence-corrected chi connectivity index (χ4v) is 3.87. The molecule has 152 valence electrons. The molecule has 1 aliphatic heterocycles. The first-order valence-corrected chi connectivity index (χ1v) is 9.85. The third-order valence-corrected chi connectivity index (χ3v) is 5.30. The molecule has 8 heteroatoms. The van der Waals surface area contributed by atoms with Gasteiger partial charge in [0.05, 0.1) is 5.69 Å². The highest BCUT2D eigenvalue weighted by molar-refractivity contribution is 5.44. The molecule has 2 N–H and O–H groups in total. The van der Waals surface area contributed by atoms with Crippen LogP contribution in [0.3, 0.4) is 0 Å². The number of nitrogens with one attached hydrogen (secondary N) is 2. The highest BCUT2D eigenvalue weighted by Gasteiger charge is 2.26. The van der Waals surface area contributed by atoms with E-state index in [1.54, 1.807) is 10.7 Å². The summed E-state index contributed by atoms with van der Waals surface area (Å²) < 4.78 is 19.7. The number of piperidine rings is 1. The van der Waals surface area contributed by atoms with Crippen molar-refractivity contribution in [2.75, 3.05) is 13.4 Å². The van der Waals surface area contributed by atoms with Crippen molar-refractivity contribution in [3.8, 4) is 11.4 Å². The van der Waals surface area contributed by atoms with Crippen molar-refractivity contribution >= 4 is 0 Å². The standard InChI is InChI=1S/C21H25FN6O/c1-15-25-26-27-28(15)18-9-10-20(29-14-22)17(12-18)13-24-19-8-5-11-23-21(19)16-6-3-2-4-7-16/h2-4,6-7,9-10,12,19,21,23-24H,5,8,11,13-14H2,1H3/t19-,21-/m0/s1. The van der Waals surface area contributed by atoms with Gasteiger partial charge in [0, 0.05) is 24.2 Å². The Kier molecular flexibility index (Phi) is 6.12. The molecule has 4 rings (SSSR count). The third kappa shape index (κ3) is 4.44. The van der Waals surface area contributed by atoms with E-state index in [2.05, 4.69) is 50.4 Å². The number of benzene rings is 2. The normalized spacial score (nSPS) is 19.2. The number of aryl methyl sites for hydroxylation is 1. The van der Waals surface area contributed by atoms with Gasteiger partial charge in [0.1, 0.15) is 5.75 Å². The summed E-state index contributed by atoms with van der Waals surface area (Å²) in [6, 6.07) is 16.5. The molecule has 2 aromatic carbocycles. The Morgan fingerprint density at radius 2 is 2.10 bits per heavy atom. The lowest BCUT2D eigenvalue weighted by Gasteiger charge is -2.34. The maximum atomic E-state index is 12.9. The zero-order chi connectivity index (χ0) is 20.1. The lowest BCUT2D eigenvalue weighted by molar-refractivity contribution is 0.189. The summed E-state index contributed by atoms with van der Waals surface area (Å²) in [5.41, 5.74) is 2.95. The van der Waals surface area contributed by atoms with Crippen LogP contribution in [0.2, 0.25) is 0 Å². The van der Waals surface area contributed by atoms with Crippen LogP contribution in [-0.4, -0.2) is 39.7 Å². The number of alkyl halides is 1. The molecule has 0 aliphatic carbocycles. The highest BCUT2D eigenvalue weighted by atomic mass is 19.1. The van der Waals surface area contributed by atoms with E-state index in [0.29, 0.717) is 18.1 Å². The first-order valence-electron chi connectivity index (χ1n) is 9.85. The molecule has 1 aliphatic rings. The van der Waals surface area contributed by atoms with Gasteiger partial charge in [0.15, 0.2) is 5.82 Å². The molecule has 0 spiro atoms. The number of hydrogen-bond acceptors (Lipinski definition) is 6. The Labute approximate surface area is 169 Å². The quantitative estimate of drug-likeness (QED) is 0.640. The van der Waals surface area contributed by atoms with Gasteiger partial charge in [-0.1, -0.05) is 30.3 Å². The van der Waals surface area contributed by atoms with Gasteiger partial charge < -0.3 is 15.4 Å². The minimum Gasteiger partial charge on any atom is -0.463 e. The van der Waals surface area contributed by atoms with Crippen LogP contribution < -0.4 is 15.4 Å². The molecular weight excluding hydrogens is 371 g/mol. The van der Waals surface area contributed by atoms with Crippen molar-refractivity contribution in [3.63, 3.8) is 0 Å². The molecular formula is C21H25FN6O. The van der Waals surface area contributed by atoms with Crippen LogP contribution in [-0.2, 0) is 6.54 Å². The number of hydrogen-bond donors (Lipinski definition) is 2. The lowest BCUT2D eigenvalue weighted by atomic mass is 9.92. The van der Waals surface area contributed by atoms with E-state index in [1.165, 1.54) is 5.56 Å². The van der Waals surface area contributed by atoms with E-state index in [4.69, 9.17) is 4.74 Å². The Balaban J connectivity index is 1.55. The van der Waals surface area contributed by atoms with E-state index in [-0.39, 0.29) is 12.1 Å².